The minimum atomic E-state index is -0.0423. The number of H-pyrrole nitrogens is 1. The maximum atomic E-state index is 13.1. The van der Waals surface area contributed by atoms with Gasteiger partial charge in [-0.15, -0.1) is 0 Å². The van der Waals surface area contributed by atoms with Crippen LogP contribution in [0.15, 0.2) is 48.7 Å². The minimum absolute atomic E-state index is 0.0187. The first-order chi connectivity index (χ1) is 17.6. The Morgan fingerprint density at radius 3 is 2.14 bits per heavy atom. The number of carbonyl (C=O) groups is 1. The Hall–Kier alpha value is -4.07. The molecule has 3 aromatic rings. The van der Waals surface area contributed by atoms with Gasteiger partial charge in [-0.2, -0.15) is 0 Å². The first-order valence-corrected chi connectivity index (χ1v) is 11.9. The van der Waals surface area contributed by atoms with Gasteiger partial charge in [0.15, 0.2) is 11.5 Å². The zero-order valence-electron chi connectivity index (χ0n) is 21.2. The summed E-state index contributed by atoms with van der Waals surface area (Å²) in [6.07, 6.45) is 7.43. The fourth-order valence-electron chi connectivity index (χ4n) is 4.45. The zero-order valence-corrected chi connectivity index (χ0v) is 21.2. The summed E-state index contributed by atoms with van der Waals surface area (Å²) in [7, 11) is 6.36. The molecule has 0 spiro atoms. The van der Waals surface area contributed by atoms with Crippen molar-refractivity contribution in [1.82, 2.24) is 4.98 Å². The Morgan fingerprint density at radius 1 is 0.889 bits per heavy atom. The van der Waals surface area contributed by atoms with Crippen LogP contribution in [0.5, 0.6) is 23.0 Å². The van der Waals surface area contributed by atoms with Crippen LogP contribution in [-0.4, -0.2) is 52.4 Å². The van der Waals surface area contributed by atoms with E-state index in [1.807, 2.05) is 54.7 Å². The molecular weight excluding hydrogens is 458 g/mol. The summed E-state index contributed by atoms with van der Waals surface area (Å²) in [4.78, 5) is 18.6. The van der Waals surface area contributed by atoms with E-state index in [4.69, 9.17) is 18.9 Å². The number of hydrogen-bond donors (Lipinski definition) is 2. The van der Waals surface area contributed by atoms with E-state index < -0.39 is 0 Å². The van der Waals surface area contributed by atoms with E-state index in [1.54, 1.807) is 28.4 Å². The largest absolute Gasteiger partial charge is 0.495 e. The van der Waals surface area contributed by atoms with Crippen molar-refractivity contribution < 1.29 is 23.7 Å². The molecule has 1 fully saturated rings. The second-order valence-electron chi connectivity index (χ2n) is 8.56. The molecule has 1 aromatic heterocycles. The number of anilines is 2. The molecule has 1 amide bonds. The van der Waals surface area contributed by atoms with E-state index in [0.717, 1.165) is 42.9 Å². The fraction of sp³-hybridized carbons (Fsp3) is 0.321. The summed E-state index contributed by atoms with van der Waals surface area (Å²) in [5.41, 5.74) is 2.46. The molecule has 1 aliphatic rings. The Morgan fingerprint density at radius 2 is 1.56 bits per heavy atom. The lowest BCUT2D eigenvalue weighted by Crippen LogP contribution is -2.38. The summed E-state index contributed by atoms with van der Waals surface area (Å²) in [6.45, 7) is 1.68. The molecule has 2 heterocycles. The molecule has 8 nitrogen and oxygen atoms in total. The van der Waals surface area contributed by atoms with Gasteiger partial charge in [-0.25, -0.2) is 0 Å². The third-order valence-corrected chi connectivity index (χ3v) is 6.42. The van der Waals surface area contributed by atoms with Crippen LogP contribution >= 0.6 is 0 Å². The highest BCUT2D eigenvalue weighted by Gasteiger charge is 2.26. The standard InChI is InChI=1S/C28H33N3O5/c1-33-23-10-9-19(7-8-20-17-24(34-2)27(36-4)25(18-20)35-3)16-22(23)30-28(32)21-11-14-31(15-12-21)26-6-5-13-29-26/h5-10,13,16-18,21,29H,11-12,14-15H2,1-4H3,(H,30,32)/b8-7-. The summed E-state index contributed by atoms with van der Waals surface area (Å²) in [6, 6.07) is 13.5. The molecular formula is C28H33N3O5. The number of methoxy groups -OCH3 is 4. The van der Waals surface area contributed by atoms with Crippen molar-refractivity contribution in [1.29, 1.82) is 0 Å². The molecule has 2 aromatic carbocycles. The third-order valence-electron chi connectivity index (χ3n) is 6.42. The molecule has 1 saturated heterocycles. The van der Waals surface area contributed by atoms with Crippen LogP contribution in [0.25, 0.3) is 12.2 Å². The van der Waals surface area contributed by atoms with Crippen LogP contribution in [0, 0.1) is 5.92 Å². The van der Waals surface area contributed by atoms with E-state index in [1.165, 1.54) is 0 Å². The van der Waals surface area contributed by atoms with Crippen molar-refractivity contribution in [2.24, 2.45) is 5.92 Å². The van der Waals surface area contributed by atoms with Gasteiger partial charge in [-0.3, -0.25) is 4.79 Å². The van der Waals surface area contributed by atoms with E-state index in [-0.39, 0.29) is 11.8 Å². The van der Waals surface area contributed by atoms with Crippen molar-refractivity contribution in [2.45, 2.75) is 12.8 Å². The van der Waals surface area contributed by atoms with Crippen molar-refractivity contribution >= 4 is 29.6 Å². The Balaban J connectivity index is 1.47. The number of rotatable bonds is 9. The Bertz CT molecular complexity index is 1170. The van der Waals surface area contributed by atoms with E-state index in [9.17, 15) is 4.79 Å². The first kappa shape index (κ1) is 25.0. The van der Waals surface area contributed by atoms with Crippen LogP contribution in [-0.2, 0) is 4.79 Å². The fourth-order valence-corrected chi connectivity index (χ4v) is 4.45. The predicted molar refractivity (Wildman–Crippen MR) is 142 cm³/mol. The van der Waals surface area contributed by atoms with Gasteiger partial charge in [0.1, 0.15) is 11.6 Å². The number of aromatic nitrogens is 1. The smallest absolute Gasteiger partial charge is 0.227 e. The van der Waals surface area contributed by atoms with Crippen molar-refractivity contribution in [2.75, 3.05) is 51.7 Å². The van der Waals surface area contributed by atoms with Crippen LogP contribution in [0.2, 0.25) is 0 Å². The number of nitrogens with one attached hydrogen (secondary N) is 2. The van der Waals surface area contributed by atoms with Crippen LogP contribution in [0.3, 0.4) is 0 Å². The number of benzene rings is 2. The number of piperidine rings is 1. The maximum Gasteiger partial charge on any atom is 0.227 e. The molecule has 8 heteroatoms. The molecule has 1 aliphatic heterocycles. The average molecular weight is 492 g/mol. The molecule has 0 atom stereocenters. The summed E-state index contributed by atoms with van der Waals surface area (Å²) < 4.78 is 21.8. The van der Waals surface area contributed by atoms with Gasteiger partial charge < -0.3 is 34.1 Å². The van der Waals surface area contributed by atoms with Gasteiger partial charge in [0, 0.05) is 25.2 Å². The SMILES string of the molecule is COc1ccc(/C=C\c2cc(OC)c(OC)c(OC)c2)cc1NC(=O)C1CCN(c2ccc[nH]2)CC1. The Kier molecular flexibility index (Phi) is 8.05. The third kappa shape index (κ3) is 5.59. The van der Waals surface area contributed by atoms with E-state index >= 15 is 0 Å². The van der Waals surface area contributed by atoms with Gasteiger partial charge in [-0.05, 0) is 60.4 Å². The van der Waals surface area contributed by atoms with Crippen LogP contribution < -0.4 is 29.2 Å². The molecule has 0 radical (unpaired) electrons. The van der Waals surface area contributed by atoms with Crippen LogP contribution in [0.4, 0.5) is 11.5 Å². The lowest BCUT2D eigenvalue weighted by molar-refractivity contribution is -0.120. The molecule has 2 N–H and O–H groups in total. The van der Waals surface area contributed by atoms with Crippen molar-refractivity contribution in [3.63, 3.8) is 0 Å². The maximum absolute atomic E-state index is 13.1. The zero-order chi connectivity index (χ0) is 25.5. The van der Waals surface area contributed by atoms with Gasteiger partial charge >= 0.3 is 0 Å². The predicted octanol–water partition coefficient (Wildman–Crippen LogP) is 5.07. The number of aromatic amines is 1. The number of hydrogen-bond acceptors (Lipinski definition) is 6. The minimum Gasteiger partial charge on any atom is -0.495 e. The molecule has 0 aliphatic carbocycles. The average Bonchev–Trinajstić information content (AvgIpc) is 3.46. The molecule has 0 bridgehead atoms. The second-order valence-corrected chi connectivity index (χ2v) is 8.56. The van der Waals surface area contributed by atoms with Gasteiger partial charge in [-0.1, -0.05) is 18.2 Å². The van der Waals surface area contributed by atoms with Crippen molar-refractivity contribution in [3.05, 3.63) is 59.8 Å². The highest BCUT2D eigenvalue weighted by atomic mass is 16.5. The quantitative estimate of drug-likeness (QED) is 0.407. The molecule has 0 unspecified atom stereocenters. The van der Waals surface area contributed by atoms with Gasteiger partial charge in [0.2, 0.25) is 11.7 Å². The monoisotopic (exact) mass is 491 g/mol. The lowest BCUT2D eigenvalue weighted by Gasteiger charge is -2.32. The number of amides is 1. The summed E-state index contributed by atoms with van der Waals surface area (Å²) >= 11 is 0. The van der Waals surface area contributed by atoms with E-state index in [0.29, 0.717) is 28.7 Å². The molecule has 190 valence electrons. The van der Waals surface area contributed by atoms with Crippen molar-refractivity contribution in [3.8, 4) is 23.0 Å². The van der Waals surface area contributed by atoms with Gasteiger partial charge in [0.05, 0.1) is 34.1 Å². The number of ether oxygens (including phenoxy) is 4. The molecule has 4 rings (SSSR count). The van der Waals surface area contributed by atoms with E-state index in [2.05, 4.69) is 21.3 Å². The van der Waals surface area contributed by atoms with Gasteiger partial charge in [0.25, 0.3) is 0 Å². The highest BCUT2D eigenvalue weighted by Crippen LogP contribution is 2.38. The lowest BCUT2D eigenvalue weighted by atomic mass is 9.95. The summed E-state index contributed by atoms with van der Waals surface area (Å²) in [5.74, 6) is 3.41. The number of nitrogens with zero attached hydrogens (tertiary/aromatic N) is 1. The topological polar surface area (TPSA) is 85.1 Å². The first-order valence-electron chi connectivity index (χ1n) is 11.9. The Labute approximate surface area is 211 Å². The van der Waals surface area contributed by atoms with Crippen LogP contribution in [0.1, 0.15) is 24.0 Å². The second kappa shape index (κ2) is 11.6. The number of carbonyl (C=O) groups excluding carboxylic acids is 1. The molecule has 36 heavy (non-hydrogen) atoms. The normalized spacial score (nSPS) is 14.1. The highest BCUT2D eigenvalue weighted by molar-refractivity contribution is 5.94. The summed E-state index contributed by atoms with van der Waals surface area (Å²) in [5, 5.41) is 3.09. The molecule has 0 saturated carbocycles.